The van der Waals surface area contributed by atoms with Gasteiger partial charge in [0.2, 0.25) is 0 Å². The van der Waals surface area contributed by atoms with Gasteiger partial charge in [-0.15, -0.1) is 0 Å². The number of carbonyl (C=O) groups is 1. The molecule has 1 aromatic rings. The zero-order valence-corrected chi connectivity index (χ0v) is 11.0. The minimum atomic E-state index is 0.324. The molecule has 96 valence electrons. The SMILES string of the molecule is CN1[C@H]2CC[C@H]1CC(CC(=O)c1ccccc1)C2. The zero-order valence-electron chi connectivity index (χ0n) is 11.0. The molecular weight excluding hydrogens is 222 g/mol. The molecule has 3 rings (SSSR count). The maximum Gasteiger partial charge on any atom is 0.163 e. The van der Waals surface area contributed by atoms with Gasteiger partial charge >= 0.3 is 0 Å². The molecule has 1 aromatic carbocycles. The summed E-state index contributed by atoms with van der Waals surface area (Å²) in [6.45, 7) is 0. The second-order valence-corrected chi connectivity index (χ2v) is 5.88. The highest BCUT2D eigenvalue weighted by molar-refractivity contribution is 5.96. The third-order valence-electron chi connectivity index (χ3n) is 4.77. The Kier molecular flexibility index (Phi) is 3.21. The Labute approximate surface area is 109 Å². The van der Waals surface area contributed by atoms with Crippen LogP contribution in [0.3, 0.4) is 0 Å². The number of hydrogen-bond acceptors (Lipinski definition) is 2. The van der Waals surface area contributed by atoms with Gasteiger partial charge < -0.3 is 4.90 Å². The highest BCUT2D eigenvalue weighted by Gasteiger charge is 2.38. The molecule has 0 amide bonds. The van der Waals surface area contributed by atoms with E-state index in [1.54, 1.807) is 0 Å². The molecule has 2 fully saturated rings. The molecule has 2 aliphatic rings. The summed E-state index contributed by atoms with van der Waals surface area (Å²) in [5.74, 6) is 0.927. The molecule has 2 nitrogen and oxygen atoms in total. The smallest absolute Gasteiger partial charge is 0.163 e. The predicted octanol–water partition coefficient (Wildman–Crippen LogP) is 3.13. The maximum atomic E-state index is 12.2. The van der Waals surface area contributed by atoms with Gasteiger partial charge in [-0.05, 0) is 38.6 Å². The van der Waals surface area contributed by atoms with Crippen LogP contribution in [0.4, 0.5) is 0 Å². The van der Waals surface area contributed by atoms with E-state index < -0.39 is 0 Å². The average Bonchev–Trinajstić information content (AvgIpc) is 2.63. The summed E-state index contributed by atoms with van der Waals surface area (Å²) in [6.07, 6.45) is 5.83. The quantitative estimate of drug-likeness (QED) is 0.760. The van der Waals surface area contributed by atoms with Crippen LogP contribution < -0.4 is 0 Å². The van der Waals surface area contributed by atoms with E-state index in [1.165, 1.54) is 25.7 Å². The normalized spacial score (nSPS) is 31.5. The number of fused-ring (bicyclic) bond motifs is 2. The Morgan fingerprint density at radius 1 is 1.17 bits per heavy atom. The molecular formula is C16H21NO. The zero-order chi connectivity index (χ0) is 12.5. The summed E-state index contributed by atoms with van der Waals surface area (Å²) in [7, 11) is 2.25. The van der Waals surface area contributed by atoms with E-state index in [0.717, 1.165) is 24.1 Å². The first-order valence-corrected chi connectivity index (χ1v) is 7.04. The minimum Gasteiger partial charge on any atom is -0.300 e. The van der Waals surface area contributed by atoms with Crippen molar-refractivity contribution in [3.05, 3.63) is 35.9 Å². The summed E-state index contributed by atoms with van der Waals surface area (Å²) >= 11 is 0. The molecule has 0 aromatic heterocycles. The summed E-state index contributed by atoms with van der Waals surface area (Å²) in [4.78, 5) is 14.7. The van der Waals surface area contributed by atoms with E-state index in [9.17, 15) is 4.79 Å². The molecule has 0 unspecified atom stereocenters. The second-order valence-electron chi connectivity index (χ2n) is 5.88. The maximum absolute atomic E-state index is 12.2. The van der Waals surface area contributed by atoms with Gasteiger partial charge in [0.1, 0.15) is 0 Å². The molecule has 0 N–H and O–H groups in total. The molecule has 0 aliphatic carbocycles. The van der Waals surface area contributed by atoms with E-state index >= 15 is 0 Å². The molecule has 0 spiro atoms. The third kappa shape index (κ3) is 2.22. The van der Waals surface area contributed by atoms with Gasteiger partial charge in [-0.2, -0.15) is 0 Å². The highest BCUT2D eigenvalue weighted by Crippen LogP contribution is 2.38. The monoisotopic (exact) mass is 243 g/mol. The molecule has 0 saturated carbocycles. The Hall–Kier alpha value is -1.15. The van der Waals surface area contributed by atoms with Crippen LogP contribution >= 0.6 is 0 Å². The number of hydrogen-bond donors (Lipinski definition) is 0. The standard InChI is InChI=1S/C16H21NO/c1-17-14-7-8-15(17)10-12(9-14)11-16(18)13-5-3-2-4-6-13/h2-6,12,14-15H,7-11H2,1H3/t14-,15-/m0/s1. The van der Waals surface area contributed by atoms with Crippen LogP contribution in [0, 0.1) is 5.92 Å². The Morgan fingerprint density at radius 2 is 1.78 bits per heavy atom. The third-order valence-corrected chi connectivity index (χ3v) is 4.77. The Morgan fingerprint density at radius 3 is 2.39 bits per heavy atom. The van der Waals surface area contributed by atoms with Crippen molar-refractivity contribution in [2.45, 2.75) is 44.2 Å². The Bertz CT molecular complexity index is 414. The number of Topliss-reactive ketones (excluding diaryl/α,β-unsaturated/α-hetero) is 1. The van der Waals surface area contributed by atoms with E-state index in [0.29, 0.717) is 11.7 Å². The first kappa shape index (κ1) is 11.9. The molecule has 2 aliphatic heterocycles. The van der Waals surface area contributed by atoms with Gasteiger partial charge in [-0.25, -0.2) is 0 Å². The summed E-state index contributed by atoms with van der Waals surface area (Å²) in [5, 5.41) is 0. The largest absolute Gasteiger partial charge is 0.300 e. The fourth-order valence-electron chi connectivity index (χ4n) is 3.69. The minimum absolute atomic E-state index is 0.324. The molecule has 2 bridgehead atoms. The predicted molar refractivity (Wildman–Crippen MR) is 72.7 cm³/mol. The van der Waals surface area contributed by atoms with Gasteiger partial charge in [0.15, 0.2) is 5.78 Å². The van der Waals surface area contributed by atoms with E-state index in [1.807, 2.05) is 30.3 Å². The average molecular weight is 243 g/mol. The van der Waals surface area contributed by atoms with Crippen molar-refractivity contribution < 1.29 is 4.79 Å². The Balaban J connectivity index is 1.63. The van der Waals surface area contributed by atoms with Crippen molar-refractivity contribution in [2.24, 2.45) is 5.92 Å². The van der Waals surface area contributed by atoms with E-state index in [4.69, 9.17) is 0 Å². The highest BCUT2D eigenvalue weighted by atomic mass is 16.1. The first-order chi connectivity index (χ1) is 8.74. The summed E-state index contributed by atoms with van der Waals surface area (Å²) < 4.78 is 0. The first-order valence-electron chi connectivity index (χ1n) is 7.04. The fraction of sp³-hybridized carbons (Fsp3) is 0.562. The van der Waals surface area contributed by atoms with Gasteiger partial charge in [0.05, 0.1) is 0 Å². The molecule has 2 heterocycles. The number of benzene rings is 1. The number of ketones is 1. The fourth-order valence-corrected chi connectivity index (χ4v) is 3.69. The lowest BCUT2D eigenvalue weighted by Gasteiger charge is -2.36. The van der Waals surface area contributed by atoms with Crippen LogP contribution in [0.1, 0.15) is 42.5 Å². The van der Waals surface area contributed by atoms with Crippen molar-refractivity contribution in [1.29, 1.82) is 0 Å². The number of rotatable bonds is 3. The van der Waals surface area contributed by atoms with Crippen LogP contribution in [0.15, 0.2) is 30.3 Å². The lowest BCUT2D eigenvalue weighted by atomic mass is 9.86. The second kappa shape index (κ2) is 4.85. The summed E-state index contributed by atoms with van der Waals surface area (Å²) in [6, 6.07) is 11.2. The van der Waals surface area contributed by atoms with Crippen molar-refractivity contribution in [3.8, 4) is 0 Å². The molecule has 2 heteroatoms. The lowest BCUT2D eigenvalue weighted by Crippen LogP contribution is -2.40. The van der Waals surface area contributed by atoms with Crippen molar-refractivity contribution >= 4 is 5.78 Å². The van der Waals surface area contributed by atoms with Crippen molar-refractivity contribution in [3.63, 3.8) is 0 Å². The van der Waals surface area contributed by atoms with E-state index in [2.05, 4.69) is 11.9 Å². The van der Waals surface area contributed by atoms with Gasteiger partial charge in [0.25, 0.3) is 0 Å². The molecule has 2 saturated heterocycles. The number of piperidine rings is 1. The van der Waals surface area contributed by atoms with Crippen LogP contribution in [0.25, 0.3) is 0 Å². The lowest BCUT2D eigenvalue weighted by molar-refractivity contribution is 0.0882. The van der Waals surface area contributed by atoms with Crippen LogP contribution in [-0.4, -0.2) is 29.8 Å². The van der Waals surface area contributed by atoms with Crippen LogP contribution in [-0.2, 0) is 0 Å². The molecule has 2 atom stereocenters. The van der Waals surface area contributed by atoms with Gasteiger partial charge in [-0.3, -0.25) is 4.79 Å². The van der Waals surface area contributed by atoms with Crippen molar-refractivity contribution in [2.75, 3.05) is 7.05 Å². The van der Waals surface area contributed by atoms with Gasteiger partial charge in [0, 0.05) is 24.1 Å². The van der Waals surface area contributed by atoms with Crippen LogP contribution in [0.5, 0.6) is 0 Å². The van der Waals surface area contributed by atoms with E-state index in [-0.39, 0.29) is 0 Å². The summed E-state index contributed by atoms with van der Waals surface area (Å²) in [5.41, 5.74) is 0.878. The molecule has 0 radical (unpaired) electrons. The van der Waals surface area contributed by atoms with Crippen LogP contribution in [0.2, 0.25) is 0 Å². The van der Waals surface area contributed by atoms with Crippen molar-refractivity contribution in [1.82, 2.24) is 4.90 Å². The number of carbonyl (C=O) groups excluding carboxylic acids is 1. The molecule has 18 heavy (non-hydrogen) atoms. The number of nitrogens with zero attached hydrogens (tertiary/aromatic N) is 1. The topological polar surface area (TPSA) is 20.3 Å². The van der Waals surface area contributed by atoms with Gasteiger partial charge in [-0.1, -0.05) is 30.3 Å².